The Hall–Kier alpha value is -3.63. The number of carbonyl (C=O) groups is 1. The number of benzene rings is 4. The van der Waals surface area contributed by atoms with Gasteiger partial charge in [-0.25, -0.2) is 0 Å². The normalized spacial score (nSPS) is 11.7. The Bertz CT molecular complexity index is 1850. The molecule has 0 saturated heterocycles. The van der Waals surface area contributed by atoms with Gasteiger partial charge >= 0.3 is 0 Å². The molecule has 7 rings (SSSR count). The summed E-state index contributed by atoms with van der Waals surface area (Å²) in [6.07, 6.45) is 1.17. The molecule has 1 aliphatic rings. The van der Waals surface area contributed by atoms with Crippen molar-refractivity contribution in [3.8, 4) is 33.5 Å². The van der Waals surface area contributed by atoms with Gasteiger partial charge < -0.3 is 5.11 Å². The van der Waals surface area contributed by atoms with E-state index < -0.39 is 0 Å². The van der Waals surface area contributed by atoms with Crippen LogP contribution in [0.15, 0.2) is 96.8 Å². The molecule has 6 aromatic rings. The van der Waals surface area contributed by atoms with E-state index in [-0.39, 0.29) is 31.6 Å². The summed E-state index contributed by atoms with van der Waals surface area (Å²) in [4.78, 5) is 15.0. The number of hydrogen-bond donors (Lipinski definition) is 1. The van der Waals surface area contributed by atoms with E-state index in [0.717, 1.165) is 16.8 Å². The zero-order valence-corrected chi connectivity index (χ0v) is 23.4. The molecule has 0 amide bonds. The molecule has 4 aromatic carbocycles. The third-order valence-electron chi connectivity index (χ3n) is 6.34. The van der Waals surface area contributed by atoms with Crippen molar-refractivity contribution in [1.82, 2.24) is 4.98 Å². The molecule has 0 atom stereocenters. The van der Waals surface area contributed by atoms with Gasteiger partial charge in [-0.1, -0.05) is 66.0 Å². The van der Waals surface area contributed by atoms with Crippen LogP contribution in [-0.4, -0.2) is 15.9 Å². The van der Waals surface area contributed by atoms with E-state index in [9.17, 15) is 4.79 Å². The fourth-order valence-electron chi connectivity index (χ4n) is 4.92. The molecule has 37 heavy (non-hydrogen) atoms. The van der Waals surface area contributed by atoms with E-state index in [4.69, 9.17) is 10.1 Å². The summed E-state index contributed by atoms with van der Waals surface area (Å²) in [6, 6.07) is 33.8. The zero-order valence-electron chi connectivity index (χ0n) is 20.2. The smallest absolute Gasteiger partial charge is 0.155 e. The van der Waals surface area contributed by atoms with E-state index in [2.05, 4.69) is 91.0 Å². The summed E-state index contributed by atoms with van der Waals surface area (Å²) in [5.74, 6) is -0.0625. The number of pyridine rings is 1. The van der Waals surface area contributed by atoms with Crippen molar-refractivity contribution < 1.29 is 30.0 Å². The van der Waals surface area contributed by atoms with Crippen molar-refractivity contribution in [2.75, 3.05) is 0 Å². The Morgan fingerprint density at radius 2 is 1.54 bits per heavy atom. The van der Waals surface area contributed by atoms with Crippen LogP contribution >= 0.6 is 11.3 Å². The number of fused-ring (bicyclic) bond motifs is 6. The summed E-state index contributed by atoms with van der Waals surface area (Å²) < 4.78 is 2.60. The Labute approximate surface area is 232 Å². The second-order valence-electron chi connectivity index (χ2n) is 8.92. The van der Waals surface area contributed by atoms with Crippen LogP contribution in [0.3, 0.4) is 0 Å². The monoisotopic (exact) mass is 677 g/mol. The van der Waals surface area contributed by atoms with Gasteiger partial charge in [0.05, 0.1) is 11.3 Å². The van der Waals surface area contributed by atoms with Crippen molar-refractivity contribution in [2.24, 2.45) is 0 Å². The predicted molar refractivity (Wildman–Crippen MR) is 150 cm³/mol. The first kappa shape index (κ1) is 25.0. The first-order valence-electron chi connectivity index (χ1n) is 11.7. The van der Waals surface area contributed by atoms with Gasteiger partial charge in [-0.05, 0) is 64.0 Å². The SMILES string of the molecule is CC(=O)/C=C(/C)O.[Ir].[c-]1cc2c(cc1-c1cc3c4c(cccc4n1)-c1ccccc1-3)sc1ccccc12. The second kappa shape index (κ2) is 10.0. The molecule has 183 valence electrons. The van der Waals surface area contributed by atoms with E-state index in [1.54, 1.807) is 0 Å². The molecular weight excluding hydrogens is 655 g/mol. The zero-order chi connectivity index (χ0) is 24.8. The number of nitrogens with zero attached hydrogens (tertiary/aromatic N) is 1. The Balaban J connectivity index is 0.000000313. The first-order valence-corrected chi connectivity index (χ1v) is 12.6. The van der Waals surface area contributed by atoms with Crippen molar-refractivity contribution in [3.05, 3.63) is 103 Å². The number of allylic oxidation sites excluding steroid dienone is 2. The molecule has 0 aliphatic heterocycles. The van der Waals surface area contributed by atoms with Gasteiger partial charge in [0.1, 0.15) is 0 Å². The average molecular weight is 677 g/mol. The van der Waals surface area contributed by atoms with Crippen LogP contribution in [0.2, 0.25) is 0 Å². The van der Waals surface area contributed by atoms with E-state index in [0.29, 0.717) is 0 Å². The molecular formula is C32H22IrNO2S-. The van der Waals surface area contributed by atoms with Gasteiger partial charge in [-0.3, -0.25) is 9.78 Å². The molecule has 0 fully saturated rings. The van der Waals surface area contributed by atoms with Crippen molar-refractivity contribution in [2.45, 2.75) is 13.8 Å². The van der Waals surface area contributed by atoms with Crippen molar-refractivity contribution in [3.63, 3.8) is 0 Å². The number of thiophene rings is 1. The maximum atomic E-state index is 10.0. The standard InChI is InChI=1S/C27H14NS.C5H8O2.Ir/c1-2-7-18-17(6-1)21-9-5-10-23-27(21)22(18)15-24(28-23)16-12-13-20-19-8-3-4-11-25(19)29-26(20)14-16;1-4(6)3-5(2)7;/h1-11,13-15H;3,6H,1-2H3;/q-1;;/b;4-3-;. The maximum absolute atomic E-state index is 10.0. The van der Waals surface area contributed by atoms with E-state index >= 15 is 0 Å². The summed E-state index contributed by atoms with van der Waals surface area (Å²) in [7, 11) is 0. The fourth-order valence-corrected chi connectivity index (χ4v) is 6.05. The second-order valence-corrected chi connectivity index (χ2v) is 10.0. The molecule has 1 radical (unpaired) electrons. The minimum absolute atomic E-state index is 0. The van der Waals surface area contributed by atoms with Crippen LogP contribution < -0.4 is 0 Å². The van der Waals surface area contributed by atoms with Crippen LogP contribution in [0.4, 0.5) is 0 Å². The average Bonchev–Trinajstić information content (AvgIpc) is 3.40. The minimum Gasteiger partial charge on any atom is -0.512 e. The molecule has 0 spiro atoms. The van der Waals surface area contributed by atoms with Gasteiger partial charge in [0.25, 0.3) is 0 Å². The molecule has 2 heterocycles. The van der Waals surface area contributed by atoms with Crippen LogP contribution in [0.5, 0.6) is 0 Å². The number of hydrogen-bond acceptors (Lipinski definition) is 4. The van der Waals surface area contributed by atoms with Crippen molar-refractivity contribution in [1.29, 1.82) is 0 Å². The Kier molecular flexibility index (Phi) is 6.78. The molecule has 5 heteroatoms. The van der Waals surface area contributed by atoms with Crippen LogP contribution in [0.25, 0.3) is 64.6 Å². The van der Waals surface area contributed by atoms with Crippen molar-refractivity contribution >= 4 is 48.2 Å². The molecule has 3 nitrogen and oxygen atoms in total. The molecule has 0 bridgehead atoms. The number of rotatable bonds is 2. The van der Waals surface area contributed by atoms with Gasteiger partial charge in [-0.15, -0.1) is 23.8 Å². The first-order chi connectivity index (χ1) is 17.5. The summed E-state index contributed by atoms with van der Waals surface area (Å²) in [5, 5.41) is 12.2. The predicted octanol–water partition coefficient (Wildman–Crippen LogP) is 8.75. The van der Waals surface area contributed by atoms with Crippen LogP contribution in [-0.2, 0) is 24.9 Å². The number of aliphatic hydroxyl groups excluding tert-OH is 1. The molecule has 0 saturated carbocycles. The van der Waals surface area contributed by atoms with Gasteiger partial charge in [-0.2, -0.15) is 11.3 Å². The summed E-state index contributed by atoms with van der Waals surface area (Å²) >= 11 is 1.84. The van der Waals surface area contributed by atoms with Crippen LogP contribution in [0.1, 0.15) is 13.8 Å². The fraction of sp³-hybridized carbons (Fsp3) is 0.0625. The molecule has 0 unspecified atom stereocenters. The number of aliphatic hydroxyl groups is 1. The number of carbonyl (C=O) groups excluding carboxylic acids is 1. The number of aromatic nitrogens is 1. The summed E-state index contributed by atoms with van der Waals surface area (Å²) in [5.41, 5.74) is 8.26. The minimum atomic E-state index is -0.125. The summed E-state index contributed by atoms with van der Waals surface area (Å²) in [6.45, 7) is 2.85. The molecule has 2 aromatic heterocycles. The topological polar surface area (TPSA) is 50.2 Å². The van der Waals surface area contributed by atoms with Gasteiger partial charge in [0.2, 0.25) is 0 Å². The number of ketones is 1. The quantitative estimate of drug-likeness (QED) is 0.113. The maximum Gasteiger partial charge on any atom is 0.155 e. The Morgan fingerprint density at radius 3 is 2.27 bits per heavy atom. The third kappa shape index (κ3) is 4.51. The molecule has 1 aliphatic carbocycles. The van der Waals surface area contributed by atoms with E-state index in [1.165, 1.54) is 67.7 Å². The van der Waals surface area contributed by atoms with Crippen LogP contribution in [0, 0.1) is 6.07 Å². The molecule has 1 N–H and O–H groups in total. The van der Waals surface area contributed by atoms with E-state index in [1.807, 2.05) is 11.3 Å². The largest absolute Gasteiger partial charge is 0.512 e. The Morgan fingerprint density at radius 1 is 0.838 bits per heavy atom. The third-order valence-corrected chi connectivity index (χ3v) is 7.47. The van der Waals surface area contributed by atoms with Gasteiger partial charge in [0, 0.05) is 36.3 Å². The van der Waals surface area contributed by atoms with Gasteiger partial charge in [0.15, 0.2) is 5.78 Å².